The van der Waals surface area contributed by atoms with E-state index in [9.17, 15) is 13.2 Å². The van der Waals surface area contributed by atoms with Crippen molar-refractivity contribution in [3.63, 3.8) is 0 Å². The number of nitrogens with two attached hydrogens (primary N) is 1. The third kappa shape index (κ3) is 4.62. The van der Waals surface area contributed by atoms with Gasteiger partial charge in [0.2, 0.25) is 10.0 Å². The van der Waals surface area contributed by atoms with Gasteiger partial charge in [0, 0.05) is 12.1 Å². The zero-order chi connectivity index (χ0) is 17.7. The number of methoxy groups -OCH3 is 1. The van der Waals surface area contributed by atoms with E-state index >= 15 is 0 Å². The zero-order valence-electron chi connectivity index (χ0n) is 13.6. The van der Waals surface area contributed by atoms with Crippen LogP contribution in [0.25, 0.3) is 0 Å². The van der Waals surface area contributed by atoms with Crippen LogP contribution in [0, 0.1) is 0 Å². The van der Waals surface area contributed by atoms with Gasteiger partial charge < -0.3 is 4.74 Å². The number of thiazole rings is 1. The summed E-state index contributed by atoms with van der Waals surface area (Å²) in [6.45, 7) is 2.04. The van der Waals surface area contributed by atoms with E-state index in [0.717, 1.165) is 24.1 Å². The number of aromatic nitrogens is 1. The molecule has 0 saturated heterocycles. The molecular formula is C16H20N2O4S2. The van der Waals surface area contributed by atoms with E-state index in [1.165, 1.54) is 24.5 Å². The van der Waals surface area contributed by atoms with Crippen molar-refractivity contribution in [2.45, 2.75) is 37.0 Å². The molecule has 24 heavy (non-hydrogen) atoms. The average molecular weight is 368 g/mol. The largest absolute Gasteiger partial charge is 0.497 e. The molecular weight excluding hydrogens is 348 g/mol. The summed E-state index contributed by atoms with van der Waals surface area (Å²) in [6, 6.07) is 4.77. The number of nitrogens with zero attached hydrogens (tertiary/aromatic N) is 1. The Balaban J connectivity index is 2.06. The van der Waals surface area contributed by atoms with Crippen molar-refractivity contribution in [1.82, 2.24) is 4.98 Å². The smallest absolute Gasteiger partial charge is 0.238 e. The SMILES string of the molecule is COc1ccc(S(N)(=O)=O)c(CCCC(C)c2ncc(C=O)s2)c1. The van der Waals surface area contributed by atoms with E-state index in [2.05, 4.69) is 4.98 Å². The first-order chi connectivity index (χ1) is 11.3. The highest BCUT2D eigenvalue weighted by atomic mass is 32.2. The van der Waals surface area contributed by atoms with E-state index in [0.29, 0.717) is 22.6 Å². The highest BCUT2D eigenvalue weighted by Gasteiger charge is 2.16. The zero-order valence-corrected chi connectivity index (χ0v) is 15.2. The molecule has 1 aromatic carbocycles. The van der Waals surface area contributed by atoms with E-state index in [1.807, 2.05) is 6.92 Å². The molecule has 1 atom stereocenters. The van der Waals surface area contributed by atoms with Crippen LogP contribution in [-0.2, 0) is 16.4 Å². The summed E-state index contributed by atoms with van der Waals surface area (Å²) >= 11 is 1.39. The van der Waals surface area contributed by atoms with Gasteiger partial charge in [-0.25, -0.2) is 18.5 Å². The maximum absolute atomic E-state index is 11.7. The molecule has 6 nitrogen and oxygen atoms in total. The third-order valence-electron chi connectivity index (χ3n) is 3.74. The predicted octanol–water partition coefficient (Wildman–Crippen LogP) is 2.74. The lowest BCUT2D eigenvalue weighted by atomic mass is 10.0. The fraction of sp³-hybridized carbons (Fsp3) is 0.375. The van der Waals surface area contributed by atoms with Crippen molar-refractivity contribution < 1.29 is 17.9 Å². The van der Waals surface area contributed by atoms with Crippen LogP contribution in [0.2, 0.25) is 0 Å². The summed E-state index contributed by atoms with van der Waals surface area (Å²) < 4.78 is 28.6. The lowest BCUT2D eigenvalue weighted by Gasteiger charge is -2.12. The third-order valence-corrected chi connectivity index (χ3v) is 5.90. The molecule has 0 aliphatic heterocycles. The Morgan fingerprint density at radius 3 is 2.75 bits per heavy atom. The lowest BCUT2D eigenvalue weighted by Crippen LogP contribution is -2.14. The number of sulfonamides is 1. The Kier molecular flexibility index (Phi) is 6.09. The second kappa shape index (κ2) is 7.87. The normalized spacial score (nSPS) is 12.8. The highest BCUT2D eigenvalue weighted by molar-refractivity contribution is 7.89. The first-order valence-corrected chi connectivity index (χ1v) is 9.82. The van der Waals surface area contributed by atoms with E-state index in [-0.39, 0.29) is 10.8 Å². The summed E-state index contributed by atoms with van der Waals surface area (Å²) in [5, 5.41) is 6.19. The minimum absolute atomic E-state index is 0.133. The van der Waals surface area contributed by atoms with Crippen LogP contribution < -0.4 is 9.88 Å². The summed E-state index contributed by atoms with van der Waals surface area (Å²) in [4.78, 5) is 15.7. The molecule has 8 heteroatoms. The number of benzene rings is 1. The molecule has 2 aromatic rings. The number of primary sulfonamides is 1. The van der Waals surface area contributed by atoms with Crippen molar-refractivity contribution in [3.8, 4) is 5.75 Å². The molecule has 0 fully saturated rings. The van der Waals surface area contributed by atoms with E-state index < -0.39 is 10.0 Å². The first-order valence-electron chi connectivity index (χ1n) is 7.45. The molecule has 0 saturated carbocycles. The molecule has 2 N–H and O–H groups in total. The van der Waals surface area contributed by atoms with Crippen LogP contribution >= 0.6 is 11.3 Å². The maximum Gasteiger partial charge on any atom is 0.238 e. The summed E-state index contributed by atoms with van der Waals surface area (Å²) in [5.74, 6) is 0.799. The monoisotopic (exact) mass is 368 g/mol. The summed E-state index contributed by atoms with van der Waals surface area (Å²) in [7, 11) is -2.23. The highest BCUT2D eigenvalue weighted by Crippen LogP contribution is 2.27. The fourth-order valence-electron chi connectivity index (χ4n) is 2.46. The Hall–Kier alpha value is -1.77. The second-order valence-corrected chi connectivity index (χ2v) is 8.15. The number of ether oxygens (including phenoxy) is 1. The number of rotatable bonds is 8. The minimum atomic E-state index is -3.77. The van der Waals surface area contributed by atoms with Crippen LogP contribution in [0.15, 0.2) is 29.3 Å². The second-order valence-electron chi connectivity index (χ2n) is 5.53. The molecule has 0 radical (unpaired) electrons. The molecule has 0 amide bonds. The first kappa shape index (κ1) is 18.6. The van der Waals surface area contributed by atoms with Gasteiger partial charge in [-0.05, 0) is 43.0 Å². The quantitative estimate of drug-likeness (QED) is 0.722. The van der Waals surface area contributed by atoms with Gasteiger partial charge >= 0.3 is 0 Å². The molecule has 0 aliphatic carbocycles. The summed E-state index contributed by atoms with van der Waals surface area (Å²) in [5.41, 5.74) is 0.650. The standard InChI is InChI=1S/C16H20N2O4S2/c1-11(16-18-9-14(10-19)23-16)4-3-5-12-8-13(22-2)6-7-15(12)24(17,20)21/h6-11H,3-5H2,1-2H3,(H2,17,20,21). The Bertz CT molecular complexity index is 815. The van der Waals surface area contributed by atoms with Crippen LogP contribution in [0.3, 0.4) is 0 Å². The van der Waals surface area contributed by atoms with Gasteiger partial charge in [0.1, 0.15) is 5.75 Å². The Morgan fingerprint density at radius 2 is 2.17 bits per heavy atom. The molecule has 1 aromatic heterocycles. The van der Waals surface area contributed by atoms with Gasteiger partial charge in [0.15, 0.2) is 6.29 Å². The predicted molar refractivity (Wildman–Crippen MR) is 93.2 cm³/mol. The van der Waals surface area contributed by atoms with Crippen LogP contribution in [0.1, 0.15) is 45.9 Å². The van der Waals surface area contributed by atoms with Gasteiger partial charge in [-0.15, -0.1) is 11.3 Å². The van der Waals surface area contributed by atoms with Gasteiger partial charge in [0.05, 0.1) is 21.9 Å². The number of hydrogen-bond acceptors (Lipinski definition) is 6. The van der Waals surface area contributed by atoms with Crippen molar-refractivity contribution in [3.05, 3.63) is 39.8 Å². The van der Waals surface area contributed by atoms with Gasteiger partial charge in [-0.1, -0.05) is 6.92 Å². The van der Waals surface area contributed by atoms with Gasteiger partial charge in [0.25, 0.3) is 0 Å². The minimum Gasteiger partial charge on any atom is -0.497 e. The lowest BCUT2D eigenvalue weighted by molar-refractivity contribution is 0.112. The van der Waals surface area contributed by atoms with Gasteiger partial charge in [-0.3, -0.25) is 4.79 Å². The van der Waals surface area contributed by atoms with Crippen molar-refractivity contribution in [2.24, 2.45) is 5.14 Å². The molecule has 0 bridgehead atoms. The van der Waals surface area contributed by atoms with Crippen molar-refractivity contribution in [2.75, 3.05) is 7.11 Å². The van der Waals surface area contributed by atoms with Crippen LogP contribution in [-0.4, -0.2) is 26.8 Å². The topological polar surface area (TPSA) is 99.3 Å². The molecule has 0 aliphatic rings. The Morgan fingerprint density at radius 1 is 1.42 bits per heavy atom. The summed E-state index contributed by atoms with van der Waals surface area (Å²) in [6.07, 6.45) is 4.53. The number of carbonyl (C=O) groups is 1. The molecule has 130 valence electrons. The van der Waals surface area contributed by atoms with Crippen molar-refractivity contribution in [1.29, 1.82) is 0 Å². The van der Waals surface area contributed by atoms with E-state index in [1.54, 1.807) is 18.3 Å². The molecule has 2 rings (SSSR count). The number of aldehydes is 1. The molecule has 1 unspecified atom stereocenters. The molecule has 1 heterocycles. The number of aryl methyl sites for hydroxylation is 1. The average Bonchev–Trinajstić information content (AvgIpc) is 3.02. The van der Waals surface area contributed by atoms with Crippen molar-refractivity contribution >= 4 is 27.6 Å². The van der Waals surface area contributed by atoms with Crippen LogP contribution in [0.5, 0.6) is 5.75 Å². The number of carbonyl (C=O) groups excluding carboxylic acids is 1. The van der Waals surface area contributed by atoms with Gasteiger partial charge in [-0.2, -0.15) is 0 Å². The Labute approximate surface area is 145 Å². The fourth-order valence-corrected chi connectivity index (χ4v) is 4.06. The maximum atomic E-state index is 11.7. The number of hydrogen-bond donors (Lipinski definition) is 1. The molecule has 0 spiro atoms. The van der Waals surface area contributed by atoms with Crippen LogP contribution in [0.4, 0.5) is 0 Å². The van der Waals surface area contributed by atoms with E-state index in [4.69, 9.17) is 9.88 Å².